The van der Waals surface area contributed by atoms with Crippen molar-refractivity contribution in [3.8, 4) is 0 Å². The molecular weight excluding hydrogens is 269 g/mol. The fourth-order valence-electron chi connectivity index (χ4n) is 2.04. The molecule has 0 aliphatic carbocycles. The van der Waals surface area contributed by atoms with Gasteiger partial charge in [0.05, 0.1) is 11.8 Å². The molecule has 6 heteroatoms. The number of nitrogen functional groups attached to an aromatic ring is 1. The van der Waals surface area contributed by atoms with Crippen LogP contribution in [0.15, 0.2) is 18.2 Å². The van der Waals surface area contributed by atoms with Crippen molar-refractivity contribution >= 4 is 17.3 Å². The van der Waals surface area contributed by atoms with Gasteiger partial charge in [0.1, 0.15) is 11.0 Å². The molecule has 0 saturated heterocycles. The summed E-state index contributed by atoms with van der Waals surface area (Å²) in [5, 5.41) is 14.8. The Morgan fingerprint density at radius 2 is 2.21 bits per heavy atom. The van der Waals surface area contributed by atoms with E-state index in [1.165, 1.54) is 22.9 Å². The maximum Gasteiger partial charge on any atom is 0.130 e. The first-order valence-electron chi connectivity index (χ1n) is 5.81. The van der Waals surface area contributed by atoms with Gasteiger partial charge in [0.25, 0.3) is 0 Å². The zero-order valence-corrected chi connectivity index (χ0v) is 11.4. The minimum atomic E-state index is -0.920. The van der Waals surface area contributed by atoms with E-state index in [-0.39, 0.29) is 6.42 Å². The van der Waals surface area contributed by atoms with Crippen LogP contribution in [0.5, 0.6) is 0 Å². The molecular formula is C13H15ClFN3O. The van der Waals surface area contributed by atoms with Gasteiger partial charge in [-0.1, -0.05) is 11.6 Å². The number of nitrogens with two attached hydrogens (primary N) is 1. The predicted octanol–water partition coefficient (Wildman–Crippen LogP) is 2.38. The number of nitrogens with zero attached hydrogens (tertiary/aromatic N) is 2. The van der Waals surface area contributed by atoms with Crippen LogP contribution in [-0.4, -0.2) is 14.9 Å². The third-order valence-electron chi connectivity index (χ3n) is 3.08. The number of hydrogen-bond acceptors (Lipinski definition) is 3. The van der Waals surface area contributed by atoms with Crippen molar-refractivity contribution in [3.63, 3.8) is 0 Å². The molecule has 102 valence electrons. The van der Waals surface area contributed by atoms with Gasteiger partial charge >= 0.3 is 0 Å². The number of aliphatic hydroxyl groups excluding tert-OH is 1. The number of aromatic nitrogens is 2. The van der Waals surface area contributed by atoms with E-state index in [2.05, 4.69) is 5.10 Å². The number of hydrogen-bond donors (Lipinski definition) is 2. The molecule has 1 unspecified atom stereocenters. The Morgan fingerprint density at radius 3 is 2.79 bits per heavy atom. The monoisotopic (exact) mass is 283 g/mol. The Hall–Kier alpha value is -1.59. The van der Waals surface area contributed by atoms with E-state index in [0.717, 1.165) is 11.3 Å². The van der Waals surface area contributed by atoms with Crippen LogP contribution < -0.4 is 5.73 Å². The van der Waals surface area contributed by atoms with Gasteiger partial charge in [-0.3, -0.25) is 4.68 Å². The molecule has 1 aromatic heterocycles. The quantitative estimate of drug-likeness (QED) is 0.850. The lowest BCUT2D eigenvalue weighted by atomic mass is 10.0. The predicted molar refractivity (Wildman–Crippen MR) is 72.4 cm³/mol. The number of anilines is 1. The summed E-state index contributed by atoms with van der Waals surface area (Å²) in [5.74, 6) is -0.433. The first-order valence-corrected chi connectivity index (χ1v) is 6.19. The maximum atomic E-state index is 13.2. The van der Waals surface area contributed by atoms with Crippen LogP contribution in [0.25, 0.3) is 0 Å². The topological polar surface area (TPSA) is 64.1 Å². The van der Waals surface area contributed by atoms with Gasteiger partial charge in [-0.2, -0.15) is 5.10 Å². The molecule has 0 radical (unpaired) electrons. The van der Waals surface area contributed by atoms with Crippen LogP contribution in [0.2, 0.25) is 5.15 Å². The molecule has 0 aliphatic rings. The number of aliphatic hydroxyl groups is 1. The Labute approximate surface area is 115 Å². The van der Waals surface area contributed by atoms with Crippen molar-refractivity contribution in [2.24, 2.45) is 7.05 Å². The Balaban J connectivity index is 2.30. The lowest BCUT2D eigenvalue weighted by molar-refractivity contribution is 0.178. The van der Waals surface area contributed by atoms with Gasteiger partial charge in [0.2, 0.25) is 0 Å². The average Bonchev–Trinajstić information content (AvgIpc) is 2.59. The molecule has 0 spiro atoms. The minimum absolute atomic E-state index is 0.242. The van der Waals surface area contributed by atoms with E-state index in [1.807, 2.05) is 6.92 Å². The number of aryl methyl sites for hydroxylation is 2. The van der Waals surface area contributed by atoms with Gasteiger partial charge in [-0.15, -0.1) is 0 Å². The van der Waals surface area contributed by atoms with Gasteiger partial charge in [0.15, 0.2) is 0 Å². The molecule has 4 nitrogen and oxygen atoms in total. The number of benzene rings is 1. The highest BCUT2D eigenvalue weighted by Crippen LogP contribution is 2.28. The molecule has 1 aromatic carbocycles. The third kappa shape index (κ3) is 2.72. The van der Waals surface area contributed by atoms with Crippen molar-refractivity contribution in [1.82, 2.24) is 9.78 Å². The summed E-state index contributed by atoms with van der Waals surface area (Å²) in [6, 6.07) is 3.93. The van der Waals surface area contributed by atoms with E-state index in [1.54, 1.807) is 7.05 Å². The van der Waals surface area contributed by atoms with Crippen LogP contribution in [0.3, 0.4) is 0 Å². The van der Waals surface area contributed by atoms with E-state index < -0.39 is 11.9 Å². The normalized spacial score (nSPS) is 12.7. The summed E-state index contributed by atoms with van der Waals surface area (Å²) in [5.41, 5.74) is 7.93. The lowest BCUT2D eigenvalue weighted by Gasteiger charge is -2.13. The van der Waals surface area contributed by atoms with Crippen molar-refractivity contribution < 1.29 is 9.50 Å². The minimum Gasteiger partial charge on any atom is -0.398 e. The summed E-state index contributed by atoms with van der Waals surface area (Å²) in [7, 11) is 1.72. The average molecular weight is 284 g/mol. The van der Waals surface area contributed by atoms with E-state index in [0.29, 0.717) is 16.4 Å². The van der Waals surface area contributed by atoms with Crippen LogP contribution in [0, 0.1) is 12.7 Å². The Bertz CT molecular complexity index is 612. The van der Waals surface area contributed by atoms with Crippen LogP contribution in [-0.2, 0) is 13.5 Å². The molecule has 2 aromatic rings. The van der Waals surface area contributed by atoms with Gasteiger partial charge in [-0.25, -0.2) is 4.39 Å². The second-order valence-corrected chi connectivity index (χ2v) is 4.83. The molecule has 3 N–H and O–H groups in total. The highest BCUT2D eigenvalue weighted by Gasteiger charge is 2.18. The second kappa shape index (κ2) is 5.19. The van der Waals surface area contributed by atoms with E-state index in [9.17, 15) is 9.50 Å². The van der Waals surface area contributed by atoms with Crippen LogP contribution >= 0.6 is 11.6 Å². The Kier molecular flexibility index (Phi) is 3.78. The number of rotatable bonds is 3. The molecule has 1 atom stereocenters. The first-order chi connectivity index (χ1) is 8.90. The molecule has 0 amide bonds. The van der Waals surface area contributed by atoms with Crippen molar-refractivity contribution in [2.75, 3.05) is 5.73 Å². The summed E-state index contributed by atoms with van der Waals surface area (Å²) < 4.78 is 14.7. The van der Waals surface area contributed by atoms with Gasteiger partial charge in [-0.05, 0) is 25.1 Å². The summed E-state index contributed by atoms with van der Waals surface area (Å²) in [6.45, 7) is 1.81. The number of halogens is 2. The van der Waals surface area contributed by atoms with E-state index >= 15 is 0 Å². The lowest BCUT2D eigenvalue weighted by Crippen LogP contribution is -2.06. The fraction of sp³-hybridized carbons (Fsp3) is 0.308. The summed E-state index contributed by atoms with van der Waals surface area (Å²) in [4.78, 5) is 0. The zero-order valence-electron chi connectivity index (χ0n) is 10.7. The van der Waals surface area contributed by atoms with Crippen molar-refractivity contribution in [3.05, 3.63) is 46.0 Å². The SMILES string of the molecule is Cc1nn(C)c(Cl)c1CC(O)c1cc(F)ccc1N. The van der Waals surface area contributed by atoms with Crippen LogP contribution in [0.4, 0.5) is 10.1 Å². The zero-order chi connectivity index (χ0) is 14.2. The highest BCUT2D eigenvalue weighted by atomic mass is 35.5. The molecule has 1 heterocycles. The van der Waals surface area contributed by atoms with Crippen LogP contribution in [0.1, 0.15) is 22.9 Å². The summed E-state index contributed by atoms with van der Waals surface area (Å²) >= 11 is 6.10. The Morgan fingerprint density at radius 1 is 1.53 bits per heavy atom. The molecule has 0 fully saturated rings. The summed E-state index contributed by atoms with van der Waals surface area (Å²) in [6.07, 6.45) is -0.678. The molecule has 2 rings (SSSR count). The van der Waals surface area contributed by atoms with Crippen molar-refractivity contribution in [2.45, 2.75) is 19.4 Å². The fourth-order valence-corrected chi connectivity index (χ4v) is 2.29. The molecule has 0 bridgehead atoms. The first kappa shape index (κ1) is 13.8. The second-order valence-electron chi connectivity index (χ2n) is 4.47. The standard InChI is InChI=1S/C13H15ClFN3O/c1-7-9(13(14)18(2)17-7)6-12(19)10-5-8(15)3-4-11(10)16/h3-5,12,19H,6,16H2,1-2H3. The molecule has 0 aliphatic heterocycles. The molecule has 19 heavy (non-hydrogen) atoms. The third-order valence-corrected chi connectivity index (χ3v) is 3.55. The smallest absolute Gasteiger partial charge is 0.130 e. The van der Waals surface area contributed by atoms with E-state index in [4.69, 9.17) is 17.3 Å². The highest BCUT2D eigenvalue weighted by molar-refractivity contribution is 6.30. The molecule has 0 saturated carbocycles. The van der Waals surface area contributed by atoms with Gasteiger partial charge in [0, 0.05) is 30.3 Å². The van der Waals surface area contributed by atoms with Gasteiger partial charge < -0.3 is 10.8 Å². The maximum absolute atomic E-state index is 13.2. The largest absolute Gasteiger partial charge is 0.398 e. The van der Waals surface area contributed by atoms with Crippen molar-refractivity contribution in [1.29, 1.82) is 0 Å².